The first-order chi connectivity index (χ1) is 5.25. The van der Waals surface area contributed by atoms with Crippen molar-refractivity contribution in [3.63, 3.8) is 0 Å². The molecule has 11 heavy (non-hydrogen) atoms. The Labute approximate surface area is 67.3 Å². The second-order valence-corrected chi connectivity index (χ2v) is 2.56. The zero-order valence-electron chi connectivity index (χ0n) is 6.96. The first-order valence-electron chi connectivity index (χ1n) is 3.67. The number of rotatable bonds is 2. The minimum Gasteiger partial charge on any atom is -0.334 e. The van der Waals surface area contributed by atoms with Crippen molar-refractivity contribution in [2.45, 2.75) is 26.8 Å². The summed E-state index contributed by atoms with van der Waals surface area (Å²) in [7, 11) is 0. The van der Waals surface area contributed by atoms with E-state index in [4.69, 9.17) is 6.42 Å². The van der Waals surface area contributed by atoms with Crippen LogP contribution in [0.15, 0.2) is 6.33 Å². The minimum atomic E-state index is 0.774. The Balaban J connectivity index is 2.72. The van der Waals surface area contributed by atoms with Crippen molar-refractivity contribution in [2.75, 3.05) is 0 Å². The molecule has 0 spiro atoms. The second-order valence-electron chi connectivity index (χ2n) is 2.56. The lowest BCUT2D eigenvalue weighted by Gasteiger charge is -2.00. The molecule has 0 aliphatic rings. The van der Waals surface area contributed by atoms with Crippen molar-refractivity contribution < 1.29 is 0 Å². The van der Waals surface area contributed by atoms with Crippen LogP contribution < -0.4 is 0 Å². The average Bonchev–Trinajstić information content (AvgIpc) is 2.31. The number of nitrogens with zero attached hydrogens (tertiary/aromatic N) is 2. The zero-order chi connectivity index (χ0) is 8.27. The van der Waals surface area contributed by atoms with Crippen LogP contribution in [-0.4, -0.2) is 9.55 Å². The van der Waals surface area contributed by atoms with Gasteiger partial charge in [-0.1, -0.05) is 0 Å². The summed E-state index contributed by atoms with van der Waals surface area (Å²) in [4.78, 5) is 4.16. The Morgan fingerprint density at radius 3 is 2.82 bits per heavy atom. The largest absolute Gasteiger partial charge is 0.334 e. The van der Waals surface area contributed by atoms with Gasteiger partial charge in [0.2, 0.25) is 0 Å². The van der Waals surface area contributed by atoms with Gasteiger partial charge in [-0.2, -0.15) is 0 Å². The van der Waals surface area contributed by atoms with Crippen LogP contribution in [-0.2, 0) is 6.54 Å². The highest BCUT2D eigenvalue weighted by Gasteiger charge is 1.99. The highest BCUT2D eigenvalue weighted by molar-refractivity contribution is 5.08. The summed E-state index contributed by atoms with van der Waals surface area (Å²) in [5.74, 6) is 2.60. The SMILES string of the molecule is C#CCCn1cnc(C)c1C. The zero-order valence-corrected chi connectivity index (χ0v) is 6.96. The standard InChI is InChI=1S/C9H12N2/c1-4-5-6-11-7-10-8(2)9(11)3/h1,7H,5-6H2,2-3H3. The fourth-order valence-corrected chi connectivity index (χ4v) is 0.955. The molecule has 0 bridgehead atoms. The van der Waals surface area contributed by atoms with Crippen LogP contribution in [0.5, 0.6) is 0 Å². The van der Waals surface area contributed by atoms with Crippen molar-refractivity contribution in [2.24, 2.45) is 0 Å². The van der Waals surface area contributed by atoms with E-state index in [-0.39, 0.29) is 0 Å². The van der Waals surface area contributed by atoms with Gasteiger partial charge in [0.25, 0.3) is 0 Å². The van der Waals surface area contributed by atoms with Crippen molar-refractivity contribution in [3.8, 4) is 12.3 Å². The van der Waals surface area contributed by atoms with Crippen molar-refractivity contribution in [3.05, 3.63) is 17.7 Å². The van der Waals surface area contributed by atoms with Crippen LogP contribution in [0.25, 0.3) is 0 Å². The fourth-order valence-electron chi connectivity index (χ4n) is 0.955. The van der Waals surface area contributed by atoms with Gasteiger partial charge in [0.15, 0.2) is 0 Å². The number of hydrogen-bond donors (Lipinski definition) is 0. The third-order valence-electron chi connectivity index (χ3n) is 1.84. The van der Waals surface area contributed by atoms with E-state index in [0.717, 1.165) is 18.7 Å². The molecular formula is C9H12N2. The van der Waals surface area contributed by atoms with Gasteiger partial charge in [0.1, 0.15) is 0 Å². The monoisotopic (exact) mass is 148 g/mol. The Hall–Kier alpha value is -1.23. The molecule has 0 saturated carbocycles. The summed E-state index contributed by atoms with van der Waals surface area (Å²) in [6.07, 6.45) is 7.76. The maximum absolute atomic E-state index is 5.15. The van der Waals surface area contributed by atoms with Crippen molar-refractivity contribution in [1.29, 1.82) is 0 Å². The molecule has 0 saturated heterocycles. The molecule has 0 amide bonds. The van der Waals surface area contributed by atoms with E-state index in [0.29, 0.717) is 0 Å². The molecule has 2 nitrogen and oxygen atoms in total. The van der Waals surface area contributed by atoms with Crippen molar-refractivity contribution >= 4 is 0 Å². The van der Waals surface area contributed by atoms with E-state index in [1.807, 2.05) is 13.3 Å². The number of terminal acetylenes is 1. The fraction of sp³-hybridized carbons (Fsp3) is 0.444. The third-order valence-corrected chi connectivity index (χ3v) is 1.84. The van der Waals surface area contributed by atoms with Gasteiger partial charge in [0, 0.05) is 18.7 Å². The molecule has 0 unspecified atom stereocenters. The number of imidazole rings is 1. The molecule has 0 N–H and O–H groups in total. The van der Waals surface area contributed by atoms with E-state index in [2.05, 4.69) is 22.4 Å². The molecule has 1 rings (SSSR count). The maximum atomic E-state index is 5.15. The molecule has 58 valence electrons. The lowest BCUT2D eigenvalue weighted by molar-refractivity contribution is 0.697. The summed E-state index contributed by atoms with van der Waals surface area (Å²) in [5, 5.41) is 0. The summed E-state index contributed by atoms with van der Waals surface area (Å²) >= 11 is 0. The van der Waals surface area contributed by atoms with Crippen LogP contribution >= 0.6 is 0 Å². The normalized spacial score (nSPS) is 9.55. The molecular weight excluding hydrogens is 136 g/mol. The third kappa shape index (κ3) is 1.62. The first kappa shape index (κ1) is 7.87. The number of hydrogen-bond acceptors (Lipinski definition) is 1. The summed E-state index contributed by atoms with van der Waals surface area (Å²) < 4.78 is 2.08. The van der Waals surface area contributed by atoms with E-state index in [1.165, 1.54) is 5.69 Å². The predicted octanol–water partition coefficient (Wildman–Crippen LogP) is 1.52. The second kappa shape index (κ2) is 3.25. The van der Waals surface area contributed by atoms with Gasteiger partial charge in [-0.05, 0) is 13.8 Å². The maximum Gasteiger partial charge on any atom is 0.0951 e. The van der Waals surface area contributed by atoms with Gasteiger partial charge in [-0.3, -0.25) is 0 Å². The molecule has 0 aromatic carbocycles. The molecule has 0 aliphatic carbocycles. The Kier molecular flexibility index (Phi) is 2.32. The summed E-state index contributed by atoms with van der Waals surface area (Å²) in [6.45, 7) is 4.93. The minimum absolute atomic E-state index is 0.774. The van der Waals surface area contributed by atoms with Crippen LogP contribution in [0.3, 0.4) is 0 Å². The van der Waals surface area contributed by atoms with E-state index in [9.17, 15) is 0 Å². The van der Waals surface area contributed by atoms with Gasteiger partial charge in [-0.15, -0.1) is 12.3 Å². The quantitative estimate of drug-likeness (QED) is 0.581. The van der Waals surface area contributed by atoms with E-state index in [1.54, 1.807) is 0 Å². The molecule has 1 heterocycles. The molecule has 0 atom stereocenters. The first-order valence-corrected chi connectivity index (χ1v) is 3.67. The van der Waals surface area contributed by atoms with Gasteiger partial charge < -0.3 is 4.57 Å². The van der Waals surface area contributed by atoms with Gasteiger partial charge >= 0.3 is 0 Å². The Bertz CT molecular complexity index is 278. The number of aromatic nitrogens is 2. The Morgan fingerprint density at radius 2 is 2.36 bits per heavy atom. The number of aryl methyl sites for hydroxylation is 2. The highest BCUT2D eigenvalue weighted by atomic mass is 15.0. The van der Waals surface area contributed by atoms with Crippen LogP contribution in [0, 0.1) is 26.2 Å². The van der Waals surface area contributed by atoms with Crippen LogP contribution in [0.2, 0.25) is 0 Å². The molecule has 0 radical (unpaired) electrons. The lowest BCUT2D eigenvalue weighted by atomic mass is 10.3. The molecule has 0 aliphatic heterocycles. The smallest absolute Gasteiger partial charge is 0.0951 e. The van der Waals surface area contributed by atoms with E-state index < -0.39 is 0 Å². The Morgan fingerprint density at radius 1 is 1.64 bits per heavy atom. The molecule has 0 fully saturated rings. The van der Waals surface area contributed by atoms with Gasteiger partial charge in [-0.25, -0.2) is 4.98 Å². The van der Waals surface area contributed by atoms with Crippen LogP contribution in [0.1, 0.15) is 17.8 Å². The van der Waals surface area contributed by atoms with Gasteiger partial charge in [0.05, 0.1) is 12.0 Å². The topological polar surface area (TPSA) is 17.8 Å². The lowest BCUT2D eigenvalue weighted by Crippen LogP contribution is -1.97. The highest BCUT2D eigenvalue weighted by Crippen LogP contribution is 2.04. The van der Waals surface area contributed by atoms with Crippen molar-refractivity contribution in [1.82, 2.24) is 9.55 Å². The van der Waals surface area contributed by atoms with E-state index >= 15 is 0 Å². The summed E-state index contributed by atoms with van der Waals surface area (Å²) in [6, 6.07) is 0. The predicted molar refractivity (Wildman–Crippen MR) is 45.2 cm³/mol. The van der Waals surface area contributed by atoms with Crippen LogP contribution in [0.4, 0.5) is 0 Å². The molecule has 1 aromatic heterocycles. The summed E-state index contributed by atoms with van der Waals surface area (Å²) in [5.41, 5.74) is 2.29. The molecule has 2 heteroatoms. The average molecular weight is 148 g/mol. The molecule has 1 aromatic rings.